The van der Waals surface area contributed by atoms with Crippen molar-refractivity contribution in [3.8, 4) is 0 Å². The van der Waals surface area contributed by atoms with Crippen molar-refractivity contribution in [2.24, 2.45) is 5.11 Å². The van der Waals surface area contributed by atoms with Gasteiger partial charge in [0.2, 0.25) is 0 Å². The van der Waals surface area contributed by atoms with Crippen LogP contribution in [0.25, 0.3) is 10.4 Å². The molecular weight excluding hydrogens is 254 g/mol. The molecule has 19 heavy (non-hydrogen) atoms. The van der Waals surface area contributed by atoms with Crippen molar-refractivity contribution in [3.05, 3.63) is 43.0 Å². The van der Waals surface area contributed by atoms with E-state index in [-0.39, 0.29) is 0 Å². The molecule has 2 rings (SSSR count). The summed E-state index contributed by atoms with van der Waals surface area (Å²) in [6, 6.07) is 0. The van der Waals surface area contributed by atoms with Gasteiger partial charge in [-0.25, -0.2) is 4.79 Å². The van der Waals surface area contributed by atoms with Gasteiger partial charge in [-0.15, -0.1) is 0 Å². The summed E-state index contributed by atoms with van der Waals surface area (Å²) in [7, 11) is 0. The fraction of sp³-hybridized carbons (Fsp3) is 0.600. The second-order valence-corrected chi connectivity index (χ2v) is 4.38. The number of nitrogens with one attached hydrogen (secondary N) is 1. The average Bonchev–Trinajstić information content (AvgIpc) is 2.79. The number of ether oxygens (including phenoxy) is 1. The van der Waals surface area contributed by atoms with Crippen molar-refractivity contribution in [2.75, 3.05) is 6.61 Å². The maximum atomic E-state index is 11.7. The molecule has 0 unspecified atom stereocenters. The predicted octanol–water partition coefficient (Wildman–Crippen LogP) is 0.153. The predicted molar refractivity (Wildman–Crippen MR) is 64.4 cm³/mol. The number of rotatable bonds is 3. The highest BCUT2D eigenvalue weighted by Gasteiger charge is 2.40. The zero-order valence-corrected chi connectivity index (χ0v) is 10.2. The molecule has 1 saturated heterocycles. The van der Waals surface area contributed by atoms with E-state index in [2.05, 4.69) is 15.0 Å². The second-order valence-electron chi connectivity index (χ2n) is 4.38. The van der Waals surface area contributed by atoms with Crippen LogP contribution in [-0.2, 0) is 4.74 Å². The molecule has 0 aliphatic carbocycles. The van der Waals surface area contributed by atoms with Crippen molar-refractivity contribution < 1.29 is 9.84 Å². The van der Waals surface area contributed by atoms with E-state index in [9.17, 15) is 14.7 Å². The molecule has 9 nitrogen and oxygen atoms in total. The fourth-order valence-corrected chi connectivity index (χ4v) is 2.02. The molecule has 0 saturated carbocycles. The van der Waals surface area contributed by atoms with Crippen LogP contribution < -0.4 is 11.2 Å². The van der Waals surface area contributed by atoms with Crippen LogP contribution in [0.15, 0.2) is 20.9 Å². The molecule has 1 aromatic heterocycles. The molecular formula is C10H13N5O4. The molecule has 2 N–H and O–H groups in total. The fourth-order valence-electron chi connectivity index (χ4n) is 2.02. The molecule has 1 aliphatic rings. The Bertz CT molecular complexity index is 644. The Morgan fingerprint density at radius 1 is 1.74 bits per heavy atom. The van der Waals surface area contributed by atoms with Crippen LogP contribution in [0.3, 0.4) is 0 Å². The van der Waals surface area contributed by atoms with Gasteiger partial charge in [-0.05, 0) is 25.3 Å². The van der Waals surface area contributed by atoms with Crippen LogP contribution in [0.1, 0.15) is 24.6 Å². The molecule has 0 amide bonds. The number of nitrogens with zero attached hydrogens (tertiary/aromatic N) is 4. The van der Waals surface area contributed by atoms with Gasteiger partial charge in [0, 0.05) is 16.7 Å². The standard InChI is InChI=1S/C10H13N5O4/c1-6-4-15(9(18)12-8(6)17)7-2-3-10(5-16,19-7)13-14-11/h4,7,16H,2-3,5H2,1H3,(H,12,17,18)/t7-,10+/m0/s1. The molecule has 102 valence electrons. The highest BCUT2D eigenvalue weighted by molar-refractivity contribution is 5.02. The minimum atomic E-state index is -1.34. The first-order valence-electron chi connectivity index (χ1n) is 5.68. The van der Waals surface area contributed by atoms with Gasteiger partial charge in [-0.3, -0.25) is 14.3 Å². The minimum absolute atomic E-state index is 0.294. The van der Waals surface area contributed by atoms with Gasteiger partial charge < -0.3 is 9.84 Å². The van der Waals surface area contributed by atoms with E-state index >= 15 is 0 Å². The van der Waals surface area contributed by atoms with Crippen molar-refractivity contribution in [3.63, 3.8) is 0 Å². The Labute approximate surface area is 107 Å². The first kappa shape index (κ1) is 13.3. The number of aromatic amines is 1. The topological polar surface area (TPSA) is 133 Å². The number of H-pyrrole nitrogens is 1. The number of aromatic nitrogens is 2. The normalized spacial score (nSPS) is 26.1. The van der Waals surface area contributed by atoms with E-state index in [4.69, 9.17) is 10.3 Å². The van der Waals surface area contributed by atoms with Crippen molar-refractivity contribution in [1.82, 2.24) is 9.55 Å². The molecule has 1 aromatic rings. The highest BCUT2D eigenvalue weighted by Crippen LogP contribution is 2.36. The monoisotopic (exact) mass is 267 g/mol. The Hall–Kier alpha value is -2.09. The quantitative estimate of drug-likeness (QED) is 0.458. The number of hydrogen-bond acceptors (Lipinski definition) is 5. The first-order chi connectivity index (χ1) is 9.01. The number of azide groups is 1. The van der Waals surface area contributed by atoms with E-state index in [1.807, 2.05) is 0 Å². The summed E-state index contributed by atoms with van der Waals surface area (Å²) in [5.41, 5.74) is 6.43. The number of hydrogen-bond donors (Lipinski definition) is 2. The van der Waals surface area contributed by atoms with Crippen LogP contribution in [0.5, 0.6) is 0 Å². The molecule has 9 heteroatoms. The van der Waals surface area contributed by atoms with Gasteiger partial charge in [0.05, 0.1) is 6.61 Å². The smallest absolute Gasteiger partial charge is 0.330 e. The maximum absolute atomic E-state index is 11.7. The summed E-state index contributed by atoms with van der Waals surface area (Å²) >= 11 is 0. The van der Waals surface area contributed by atoms with Crippen LogP contribution in [0.2, 0.25) is 0 Å². The lowest BCUT2D eigenvalue weighted by Gasteiger charge is -2.22. The number of aliphatic hydroxyl groups excluding tert-OH is 1. The van der Waals surface area contributed by atoms with Gasteiger partial charge in [-0.2, -0.15) is 0 Å². The third-order valence-corrected chi connectivity index (χ3v) is 3.07. The van der Waals surface area contributed by atoms with Crippen molar-refractivity contribution in [1.29, 1.82) is 0 Å². The Balaban J connectivity index is 2.36. The summed E-state index contributed by atoms with van der Waals surface area (Å²) in [4.78, 5) is 27.8. The van der Waals surface area contributed by atoms with Crippen molar-refractivity contribution >= 4 is 0 Å². The maximum Gasteiger partial charge on any atom is 0.330 e. The minimum Gasteiger partial charge on any atom is -0.393 e. The highest BCUT2D eigenvalue weighted by atomic mass is 16.6. The lowest BCUT2D eigenvalue weighted by atomic mass is 10.1. The van der Waals surface area contributed by atoms with Crippen molar-refractivity contribution in [2.45, 2.75) is 31.7 Å². The van der Waals surface area contributed by atoms with Gasteiger partial charge in [0.1, 0.15) is 6.23 Å². The SMILES string of the molecule is Cc1cn([C@@H]2CC[C@@](CO)(N=[N+]=[N-])O2)c(=O)[nH]c1=O. The van der Waals surface area contributed by atoms with Crippen LogP contribution in [-0.4, -0.2) is 27.0 Å². The van der Waals surface area contributed by atoms with Crippen LogP contribution >= 0.6 is 0 Å². The van der Waals surface area contributed by atoms with Crippen LogP contribution in [0.4, 0.5) is 0 Å². The molecule has 0 bridgehead atoms. The first-order valence-corrected chi connectivity index (χ1v) is 5.68. The summed E-state index contributed by atoms with van der Waals surface area (Å²) in [6.45, 7) is 1.10. The second kappa shape index (κ2) is 4.88. The third-order valence-electron chi connectivity index (χ3n) is 3.07. The van der Waals surface area contributed by atoms with Gasteiger partial charge in [0.15, 0.2) is 5.72 Å². The van der Waals surface area contributed by atoms with E-state index in [0.29, 0.717) is 18.4 Å². The number of aryl methyl sites for hydroxylation is 1. The van der Waals surface area contributed by atoms with E-state index in [1.54, 1.807) is 6.92 Å². The zero-order valence-electron chi connectivity index (χ0n) is 10.2. The summed E-state index contributed by atoms with van der Waals surface area (Å²) in [6.07, 6.45) is 1.39. The molecule has 0 spiro atoms. The number of aliphatic hydroxyl groups is 1. The molecule has 1 fully saturated rings. The molecule has 0 aromatic carbocycles. The van der Waals surface area contributed by atoms with Gasteiger partial charge >= 0.3 is 5.69 Å². The molecule has 2 atom stereocenters. The van der Waals surface area contributed by atoms with Gasteiger partial charge in [0.25, 0.3) is 5.56 Å². The molecule has 0 radical (unpaired) electrons. The lowest BCUT2D eigenvalue weighted by Crippen LogP contribution is -2.35. The van der Waals surface area contributed by atoms with E-state index < -0.39 is 29.8 Å². The average molecular weight is 267 g/mol. The molecule has 2 heterocycles. The lowest BCUT2D eigenvalue weighted by molar-refractivity contribution is -0.0951. The third kappa shape index (κ3) is 2.39. The molecule has 1 aliphatic heterocycles. The zero-order chi connectivity index (χ0) is 14.0. The Morgan fingerprint density at radius 2 is 2.47 bits per heavy atom. The Morgan fingerprint density at radius 3 is 3.11 bits per heavy atom. The van der Waals surface area contributed by atoms with Gasteiger partial charge in [-0.1, -0.05) is 5.11 Å². The summed E-state index contributed by atoms with van der Waals surface area (Å²) in [5, 5.41) is 12.7. The van der Waals surface area contributed by atoms with E-state index in [0.717, 1.165) is 0 Å². The Kier molecular flexibility index (Phi) is 3.43. The summed E-state index contributed by atoms with van der Waals surface area (Å²) < 4.78 is 6.69. The van der Waals surface area contributed by atoms with Crippen LogP contribution in [0, 0.1) is 6.92 Å². The summed E-state index contributed by atoms with van der Waals surface area (Å²) in [5.74, 6) is 0. The van der Waals surface area contributed by atoms with E-state index in [1.165, 1.54) is 10.8 Å². The largest absolute Gasteiger partial charge is 0.393 e.